The average Bonchev–Trinajstić information content (AvgIpc) is 3.43. The third-order valence-electron chi connectivity index (χ3n) is 16.5. The van der Waals surface area contributed by atoms with Crippen LogP contribution in [0.1, 0.15) is 118 Å². The fourth-order valence-corrected chi connectivity index (χ4v) is 12.5. The molecule has 428 valence electrons. The van der Waals surface area contributed by atoms with Gasteiger partial charge < -0.3 is 48.7 Å². The zero-order valence-corrected chi connectivity index (χ0v) is 46.0. The number of para-hydroxylation sites is 1. The van der Waals surface area contributed by atoms with E-state index in [-0.39, 0.29) is 59.6 Å². The Hall–Kier alpha value is -8.07. The SMILES string of the molecule is CCCC(=O)OCc1cccc(/C=C/COC(=O)O[C@H]2CC3OC[C@@]3(OC(C)=O)[C@H]3[C@H](OC(=O)c4ccccc4)[C@]4(O)CC(OC(=O)[C@H](O)C(NC(=O)c5ccccc5)c5ccccc5)C(C)=C([C@@H](C)C(=O)[C@]23C)C4(C)C)c1[N+](=O)[O-]. The number of amides is 1. The maximum Gasteiger partial charge on any atom is 0.508 e. The fraction of sp³-hybridized carbons (Fsp3) is 0.426. The molecule has 1 heterocycles. The Morgan fingerprint density at radius 1 is 0.877 bits per heavy atom. The Morgan fingerprint density at radius 3 is 2.12 bits per heavy atom. The van der Waals surface area contributed by atoms with Crippen LogP contribution >= 0.6 is 0 Å². The molecule has 20 nitrogen and oxygen atoms in total. The van der Waals surface area contributed by atoms with Crippen LogP contribution in [0.2, 0.25) is 0 Å². The van der Waals surface area contributed by atoms with Gasteiger partial charge in [0.1, 0.15) is 49.0 Å². The lowest BCUT2D eigenvalue weighted by Gasteiger charge is -2.67. The maximum atomic E-state index is 16.1. The molecule has 2 saturated carbocycles. The van der Waals surface area contributed by atoms with Crippen molar-refractivity contribution in [1.82, 2.24) is 5.32 Å². The second-order valence-electron chi connectivity index (χ2n) is 21.7. The summed E-state index contributed by atoms with van der Waals surface area (Å²) in [6.07, 6.45) is -6.72. The number of nitrogens with zero attached hydrogens (tertiary/aromatic N) is 1. The number of nitro groups is 1. The monoisotopic (exact) mass is 1110 g/mol. The lowest BCUT2D eigenvalue weighted by molar-refractivity contribution is -0.386. The van der Waals surface area contributed by atoms with E-state index in [1.807, 2.05) is 0 Å². The molecule has 0 spiro atoms. The molecule has 3 aliphatic carbocycles. The van der Waals surface area contributed by atoms with E-state index >= 15 is 4.79 Å². The molecule has 11 atom stereocenters. The second-order valence-corrected chi connectivity index (χ2v) is 21.7. The number of aliphatic hydroxyl groups is 2. The number of rotatable bonds is 18. The number of hydrogen-bond donors (Lipinski definition) is 3. The Labute approximate surface area is 467 Å². The number of carbonyl (C=O) groups excluding carboxylic acids is 7. The molecule has 20 heteroatoms. The van der Waals surface area contributed by atoms with Crippen molar-refractivity contribution in [1.29, 1.82) is 0 Å². The van der Waals surface area contributed by atoms with Gasteiger partial charge in [0, 0.05) is 43.1 Å². The van der Waals surface area contributed by atoms with Crippen molar-refractivity contribution < 1.29 is 81.9 Å². The maximum absolute atomic E-state index is 16.1. The summed E-state index contributed by atoms with van der Waals surface area (Å²) in [6.45, 7) is 9.75. The van der Waals surface area contributed by atoms with Gasteiger partial charge in [0.25, 0.3) is 11.6 Å². The smallest absolute Gasteiger partial charge is 0.461 e. The molecular weight excluding hydrogens is 1050 g/mol. The number of aliphatic hydroxyl groups excluding tert-OH is 1. The summed E-state index contributed by atoms with van der Waals surface area (Å²) < 4.78 is 42.0. The quantitative estimate of drug-likeness (QED) is 0.0279. The lowest BCUT2D eigenvalue weighted by atomic mass is 9.43. The Bertz CT molecular complexity index is 3130. The molecule has 1 amide bonds. The first-order valence-electron chi connectivity index (χ1n) is 26.8. The van der Waals surface area contributed by atoms with Gasteiger partial charge in [-0.1, -0.05) is 100 Å². The van der Waals surface area contributed by atoms with Crippen LogP contribution in [0.3, 0.4) is 0 Å². The third-order valence-corrected chi connectivity index (χ3v) is 16.5. The number of nitro benzene ring substituents is 1. The van der Waals surface area contributed by atoms with Gasteiger partial charge in [-0.15, -0.1) is 0 Å². The largest absolute Gasteiger partial charge is 0.508 e. The lowest BCUT2D eigenvalue weighted by Crippen LogP contribution is -2.81. The van der Waals surface area contributed by atoms with Crippen LogP contribution in [-0.4, -0.2) is 112 Å². The molecule has 1 aliphatic heterocycles. The van der Waals surface area contributed by atoms with Crippen LogP contribution in [0.25, 0.3) is 6.08 Å². The van der Waals surface area contributed by atoms with Crippen molar-refractivity contribution in [2.45, 2.75) is 129 Å². The molecule has 4 aliphatic rings. The van der Waals surface area contributed by atoms with Gasteiger partial charge in [-0.05, 0) is 85.5 Å². The Balaban J connectivity index is 1.17. The summed E-state index contributed by atoms with van der Waals surface area (Å²) in [5, 5.41) is 41.0. The van der Waals surface area contributed by atoms with Gasteiger partial charge in [-0.25, -0.2) is 14.4 Å². The van der Waals surface area contributed by atoms with Gasteiger partial charge >= 0.3 is 30.0 Å². The molecule has 0 radical (unpaired) electrons. The van der Waals surface area contributed by atoms with E-state index in [9.17, 15) is 49.1 Å². The number of ketones is 1. The van der Waals surface area contributed by atoms with Crippen LogP contribution in [0, 0.1) is 32.8 Å². The van der Waals surface area contributed by atoms with Gasteiger partial charge in [-0.2, -0.15) is 0 Å². The van der Waals surface area contributed by atoms with Crippen molar-refractivity contribution in [2.24, 2.45) is 22.7 Å². The number of fused-ring (bicyclic) bond motifs is 5. The summed E-state index contributed by atoms with van der Waals surface area (Å²) in [6, 6.07) is 27.4. The van der Waals surface area contributed by atoms with Gasteiger partial charge in [0.15, 0.2) is 11.7 Å². The number of Topliss-reactive ketones (excluding diaryl/α,β-unsaturated/α-hetero) is 1. The van der Waals surface area contributed by atoms with Crippen molar-refractivity contribution in [3.8, 4) is 0 Å². The highest BCUT2D eigenvalue weighted by Crippen LogP contribution is 2.65. The minimum absolute atomic E-state index is 0.0383. The summed E-state index contributed by atoms with van der Waals surface area (Å²) in [5.74, 6) is -7.50. The summed E-state index contributed by atoms with van der Waals surface area (Å²) >= 11 is 0. The van der Waals surface area contributed by atoms with E-state index in [1.165, 1.54) is 43.3 Å². The molecule has 81 heavy (non-hydrogen) atoms. The van der Waals surface area contributed by atoms with Crippen molar-refractivity contribution in [3.05, 3.63) is 164 Å². The summed E-state index contributed by atoms with van der Waals surface area (Å²) in [5.41, 5.74) is -6.62. The second kappa shape index (κ2) is 23.9. The average molecular weight is 1120 g/mol. The normalized spacial score (nSPS) is 27.0. The molecule has 4 aromatic carbocycles. The van der Waals surface area contributed by atoms with Crippen molar-refractivity contribution >= 4 is 53.5 Å². The van der Waals surface area contributed by atoms with Crippen LogP contribution in [0.5, 0.6) is 0 Å². The minimum atomic E-state index is -2.37. The Morgan fingerprint density at radius 2 is 1.52 bits per heavy atom. The standard InChI is InChI=1S/C61H66N2O18/c1-8-20-46(65)76-33-42-28-18-27-39(49(42)63(73)74)29-19-30-75-57(71)79-44-31-45-60(34-77-45,81-37(4)64)51-53(80-55(69)41-25-16-11-17-26-41)61(72)32-43(35(2)47(58(61,5)6)36(3)52(67)59(44,51)7)78-56(70)50(66)48(38-21-12-9-13-22-38)62-54(68)40-23-14-10-15-24-40/h9-19,21-29,36,43-45,48,50-51,53,66,72H,8,20,30-34H2,1-7H3,(H,62,68)/b29-19+/t36-,43?,44+,45?,48?,50-,51+,53+,59-,60+,61-/m1/s1. The molecule has 0 aromatic heterocycles. The number of ether oxygens (including phenoxy) is 7. The molecule has 2 bridgehead atoms. The zero-order chi connectivity index (χ0) is 58.6. The number of benzene rings is 4. The van der Waals surface area contributed by atoms with Crippen LogP contribution in [0.15, 0.2) is 126 Å². The fourth-order valence-electron chi connectivity index (χ4n) is 12.5. The predicted octanol–water partition coefficient (Wildman–Crippen LogP) is 8.07. The molecule has 1 saturated heterocycles. The van der Waals surface area contributed by atoms with E-state index in [0.29, 0.717) is 17.6 Å². The van der Waals surface area contributed by atoms with Crippen LogP contribution in [-0.2, 0) is 58.9 Å². The molecule has 3 unspecified atom stereocenters. The number of carbonyl (C=O) groups is 7. The highest BCUT2D eigenvalue weighted by atomic mass is 16.7. The Kier molecular flexibility index (Phi) is 17.5. The van der Waals surface area contributed by atoms with E-state index < -0.39 is 130 Å². The highest BCUT2D eigenvalue weighted by molar-refractivity contribution is 5.95. The van der Waals surface area contributed by atoms with E-state index in [0.717, 1.165) is 6.92 Å². The predicted molar refractivity (Wildman–Crippen MR) is 288 cm³/mol. The van der Waals surface area contributed by atoms with Crippen molar-refractivity contribution in [2.75, 3.05) is 13.2 Å². The van der Waals surface area contributed by atoms with E-state index in [1.54, 1.807) is 120 Å². The number of hydrogen-bond acceptors (Lipinski definition) is 18. The van der Waals surface area contributed by atoms with Gasteiger partial charge in [-0.3, -0.25) is 29.3 Å². The summed E-state index contributed by atoms with van der Waals surface area (Å²) in [4.78, 5) is 110. The molecule has 3 fully saturated rings. The van der Waals surface area contributed by atoms with E-state index in [2.05, 4.69) is 5.32 Å². The zero-order valence-electron chi connectivity index (χ0n) is 46.0. The van der Waals surface area contributed by atoms with E-state index in [4.69, 9.17) is 33.2 Å². The molecule has 8 rings (SSSR count). The van der Waals surface area contributed by atoms with Crippen LogP contribution < -0.4 is 5.32 Å². The van der Waals surface area contributed by atoms with Crippen LogP contribution in [0.4, 0.5) is 10.5 Å². The molecule has 3 N–H and O–H groups in total. The highest BCUT2D eigenvalue weighted by Gasteiger charge is 2.78. The van der Waals surface area contributed by atoms with Gasteiger partial charge in [0.05, 0.1) is 45.6 Å². The minimum Gasteiger partial charge on any atom is -0.461 e. The number of esters is 4. The first-order valence-corrected chi connectivity index (χ1v) is 26.8. The first-order chi connectivity index (χ1) is 38.5. The number of nitrogens with one attached hydrogen (secondary N) is 1. The van der Waals surface area contributed by atoms with Crippen molar-refractivity contribution in [3.63, 3.8) is 0 Å². The molecular formula is C61H66N2O18. The first kappa shape index (κ1) is 59.1. The topological polar surface area (TPSA) is 280 Å². The third kappa shape index (κ3) is 11.4. The summed E-state index contributed by atoms with van der Waals surface area (Å²) in [7, 11) is 0. The van der Waals surface area contributed by atoms with Gasteiger partial charge in [0.2, 0.25) is 0 Å². The molecule has 4 aromatic rings.